The zero-order valence-electron chi connectivity index (χ0n) is 78.5. The van der Waals surface area contributed by atoms with E-state index in [9.17, 15) is 0 Å². The number of hydrogen-bond acceptors (Lipinski definition) is 11. The van der Waals surface area contributed by atoms with Gasteiger partial charge in [0.2, 0.25) is 11.9 Å². The molecule has 0 fully saturated rings. The summed E-state index contributed by atoms with van der Waals surface area (Å²) < 4.78 is 0. The Hall–Kier alpha value is -1.63. The molecule has 5 nitrogen and oxygen atoms in total. The van der Waals surface area contributed by atoms with E-state index in [4.69, 9.17) is 15.0 Å². The molecule has 0 spiro atoms. The highest BCUT2D eigenvalue weighted by molar-refractivity contribution is 8.04. The fourth-order valence-electron chi connectivity index (χ4n) is 16.4. The van der Waals surface area contributed by atoms with E-state index in [2.05, 4.69) is 178 Å². The molecule has 0 unspecified atom stereocenters. The molecule has 1 heterocycles. The lowest BCUT2D eigenvalue weighted by Crippen LogP contribution is -2.06. The van der Waals surface area contributed by atoms with Crippen molar-refractivity contribution >= 4 is 93.8 Å². The third kappa shape index (κ3) is 60.1. The van der Waals surface area contributed by atoms with Gasteiger partial charge in [0.25, 0.3) is 0 Å². The standard InChI is InChI=1S/C107H188N5S6/c1-8-15-21-27-33-39-45-51-57-63-69-75-85-113-99-91-97(92-100(114-86-76-70-64-58-52-46-40-34-28-22-16-9-2)103(99)117-89-79-73-67-61-55-49-43-37-31-25-19-12-5)108-106-110-105(96-83-81-95(14-7)82-84-96)111-107(112-106)109-98-93-101(115-87-77-71-65-59-53-47-41-35-29-23-17-10-3)104(118-90-80-74-68-62-56-50-44-38-32-26-20-13-6)102(94-98)116-88-78-72-66-60-54-48-42-36-30-24-18-11-4/h81-84,91-94H,7-80,85-90H2,1-6H3,(H2,108,109,110,111,112). The Bertz CT molecular complexity index is 2570. The third-order valence-corrected chi connectivity index (χ3v) is 31.7. The number of anilines is 4. The summed E-state index contributed by atoms with van der Waals surface area (Å²) in [7, 11) is 0. The molecule has 3 aromatic carbocycles. The summed E-state index contributed by atoms with van der Waals surface area (Å²) in [5.74, 6) is 8.84. The molecule has 118 heavy (non-hydrogen) atoms. The molecule has 0 atom stereocenters. The highest BCUT2D eigenvalue weighted by Gasteiger charge is 2.20. The maximum atomic E-state index is 5.44. The van der Waals surface area contributed by atoms with Crippen LogP contribution >= 0.6 is 70.6 Å². The zero-order chi connectivity index (χ0) is 83.8. The van der Waals surface area contributed by atoms with Crippen molar-refractivity contribution in [2.24, 2.45) is 0 Å². The number of benzene rings is 3. The number of nitrogens with zero attached hydrogens (tertiary/aromatic N) is 3. The van der Waals surface area contributed by atoms with Gasteiger partial charge in [-0.15, -0.1) is 70.6 Å². The van der Waals surface area contributed by atoms with Gasteiger partial charge in [-0.2, -0.15) is 15.0 Å². The van der Waals surface area contributed by atoms with Crippen LogP contribution in [0, 0.1) is 6.92 Å². The number of hydrogen-bond donors (Lipinski definition) is 2. The summed E-state index contributed by atoms with van der Waals surface area (Å²) in [4.78, 5) is 25.0. The normalized spacial score (nSPS) is 11.7. The Morgan fingerprint density at radius 3 is 0.585 bits per heavy atom. The smallest absolute Gasteiger partial charge is 0.232 e. The molecular weight excluding hydrogens is 1550 g/mol. The first kappa shape index (κ1) is 109. The molecule has 1 radical (unpaired) electrons. The van der Waals surface area contributed by atoms with Crippen LogP contribution in [0.3, 0.4) is 0 Å². The van der Waals surface area contributed by atoms with Gasteiger partial charge in [-0.3, -0.25) is 0 Å². The van der Waals surface area contributed by atoms with E-state index < -0.39 is 0 Å². The number of nitrogens with one attached hydrogen (secondary N) is 2. The van der Waals surface area contributed by atoms with Crippen LogP contribution in [0.2, 0.25) is 0 Å². The quantitative estimate of drug-likeness (QED) is 0.0328. The van der Waals surface area contributed by atoms with Crippen molar-refractivity contribution in [3.63, 3.8) is 0 Å². The van der Waals surface area contributed by atoms with Gasteiger partial charge in [-0.25, -0.2) is 0 Å². The minimum atomic E-state index is 0.595. The largest absolute Gasteiger partial charge is 0.324 e. The van der Waals surface area contributed by atoms with Crippen molar-refractivity contribution in [1.29, 1.82) is 0 Å². The predicted molar refractivity (Wildman–Crippen MR) is 545 cm³/mol. The molecule has 0 aliphatic rings. The Labute approximate surface area is 759 Å². The molecule has 0 aliphatic carbocycles. The van der Waals surface area contributed by atoms with E-state index in [0.29, 0.717) is 17.7 Å². The number of thioether (sulfide) groups is 6. The fourth-order valence-corrected chi connectivity index (χ4v) is 24.0. The summed E-state index contributed by atoms with van der Waals surface area (Å²) in [5, 5.41) is 7.91. The molecular formula is C107H188N5S6. The molecule has 11 heteroatoms. The van der Waals surface area contributed by atoms with E-state index >= 15 is 0 Å². The van der Waals surface area contributed by atoms with Crippen molar-refractivity contribution in [3.05, 3.63) is 61.0 Å². The molecule has 677 valence electrons. The number of rotatable bonds is 90. The second kappa shape index (κ2) is 82.4. The zero-order valence-corrected chi connectivity index (χ0v) is 83.4. The maximum absolute atomic E-state index is 5.44. The fraction of sp³-hybridized carbons (Fsp3) is 0.794. The van der Waals surface area contributed by atoms with Crippen LogP contribution in [0.25, 0.3) is 11.4 Å². The SMILES string of the molecule is [CH2]Cc1ccc(-c2nc(Nc3cc(SCCCCCCCCCCCCCC)c(SCCCCCCCCCCCCCC)c(SCCCCCCCCCCCCCC)c3)nc(Nc3cc(SCCCCCCCCCCCCCC)c(SCCCCCCCCCCCCCC)c(SCCCCCCCCCCCCCC)c3)n2)cc1. The molecule has 0 bridgehead atoms. The highest BCUT2D eigenvalue weighted by Crippen LogP contribution is 2.45. The Morgan fingerprint density at radius 2 is 0.398 bits per heavy atom. The van der Waals surface area contributed by atoms with Crippen molar-refractivity contribution < 1.29 is 0 Å². The van der Waals surface area contributed by atoms with E-state index in [1.165, 1.54) is 509 Å². The lowest BCUT2D eigenvalue weighted by Gasteiger charge is -2.19. The number of aromatic nitrogens is 3. The topological polar surface area (TPSA) is 62.7 Å². The van der Waals surface area contributed by atoms with Crippen molar-refractivity contribution in [1.82, 2.24) is 15.0 Å². The summed E-state index contributed by atoms with van der Waals surface area (Å²) in [6.07, 6.45) is 100. The minimum Gasteiger partial charge on any atom is -0.324 e. The van der Waals surface area contributed by atoms with Gasteiger partial charge in [-0.1, -0.05) is 490 Å². The predicted octanol–water partition coefficient (Wildman–Crippen LogP) is 40.2. The maximum Gasteiger partial charge on any atom is 0.232 e. The summed E-state index contributed by atoms with van der Waals surface area (Å²) >= 11 is 12.8. The Morgan fingerprint density at radius 1 is 0.220 bits per heavy atom. The van der Waals surface area contributed by atoms with Crippen LogP contribution in [0.15, 0.2) is 77.9 Å². The van der Waals surface area contributed by atoms with E-state index in [-0.39, 0.29) is 0 Å². The molecule has 0 saturated heterocycles. The van der Waals surface area contributed by atoms with Gasteiger partial charge in [0.05, 0.1) is 0 Å². The van der Waals surface area contributed by atoms with Crippen LogP contribution in [-0.2, 0) is 6.42 Å². The second-order valence-corrected chi connectivity index (χ2v) is 42.3. The van der Waals surface area contributed by atoms with E-state index in [1.54, 1.807) is 0 Å². The molecule has 0 aliphatic heterocycles. The lowest BCUT2D eigenvalue weighted by molar-refractivity contribution is 0.548. The van der Waals surface area contributed by atoms with Crippen molar-refractivity contribution in [3.8, 4) is 11.4 Å². The highest BCUT2D eigenvalue weighted by atomic mass is 32.2. The first-order valence-corrected chi connectivity index (χ1v) is 57.7. The second-order valence-electron chi connectivity index (χ2n) is 35.5. The first-order chi connectivity index (χ1) is 58.5. The summed E-state index contributed by atoms with van der Waals surface area (Å²) in [6, 6.07) is 18.7. The van der Waals surface area contributed by atoms with E-state index in [0.717, 1.165) is 46.4 Å². The first-order valence-electron chi connectivity index (χ1n) is 51.8. The van der Waals surface area contributed by atoms with Crippen LogP contribution in [0.1, 0.15) is 509 Å². The molecule has 1 aromatic heterocycles. The van der Waals surface area contributed by atoms with Gasteiger partial charge in [0.1, 0.15) is 0 Å². The van der Waals surface area contributed by atoms with Crippen LogP contribution < -0.4 is 10.6 Å². The molecule has 4 aromatic rings. The van der Waals surface area contributed by atoms with Crippen molar-refractivity contribution in [2.75, 3.05) is 45.2 Å². The van der Waals surface area contributed by atoms with Crippen LogP contribution in [0.5, 0.6) is 0 Å². The molecule has 0 saturated carbocycles. The summed E-state index contributed by atoms with van der Waals surface area (Å²) in [5.41, 5.74) is 4.38. The van der Waals surface area contributed by atoms with Crippen LogP contribution in [-0.4, -0.2) is 49.5 Å². The Kier molecular flexibility index (Phi) is 75.9. The number of unbranched alkanes of at least 4 members (excludes halogenated alkanes) is 66. The average Bonchev–Trinajstić information content (AvgIpc) is 0.808. The Balaban J connectivity index is 1.72. The summed E-state index contributed by atoms with van der Waals surface area (Å²) in [6.45, 7) is 18.2. The van der Waals surface area contributed by atoms with Gasteiger partial charge in [0, 0.05) is 46.3 Å². The van der Waals surface area contributed by atoms with Gasteiger partial charge >= 0.3 is 0 Å². The van der Waals surface area contributed by atoms with Gasteiger partial charge < -0.3 is 10.6 Å². The molecule has 4 rings (SSSR count). The van der Waals surface area contributed by atoms with Gasteiger partial charge in [-0.05, 0) is 116 Å². The minimum absolute atomic E-state index is 0.595. The molecule has 0 amide bonds. The van der Waals surface area contributed by atoms with E-state index in [1.807, 2.05) is 0 Å². The lowest BCUT2D eigenvalue weighted by atomic mass is 10.1. The molecule has 2 N–H and O–H groups in total. The van der Waals surface area contributed by atoms with Gasteiger partial charge in [0.15, 0.2) is 5.82 Å². The average molecular weight is 1740 g/mol. The third-order valence-electron chi connectivity index (χ3n) is 24.2. The van der Waals surface area contributed by atoms with Crippen molar-refractivity contribution in [2.45, 2.75) is 540 Å². The monoisotopic (exact) mass is 1740 g/mol. The van der Waals surface area contributed by atoms with Crippen LogP contribution in [0.4, 0.5) is 23.3 Å².